The Labute approximate surface area is 178 Å². The van der Waals surface area contributed by atoms with Crippen LogP contribution in [0.2, 0.25) is 0 Å². The lowest BCUT2D eigenvalue weighted by Crippen LogP contribution is -2.35. The molecule has 1 aromatic heterocycles. The average molecular weight is 446 g/mol. The van der Waals surface area contributed by atoms with Gasteiger partial charge in [0, 0.05) is 32.1 Å². The van der Waals surface area contributed by atoms with Gasteiger partial charge in [0.05, 0.1) is 5.69 Å². The Morgan fingerprint density at radius 2 is 1.97 bits per heavy atom. The minimum atomic E-state index is -4.45. The molecule has 0 bridgehead atoms. The van der Waals surface area contributed by atoms with Crippen molar-refractivity contribution in [1.82, 2.24) is 15.2 Å². The molecule has 1 amide bonds. The first-order valence-electron chi connectivity index (χ1n) is 9.32. The number of carbonyl (C=O) groups is 1. The van der Waals surface area contributed by atoms with E-state index in [1.807, 2.05) is 31.0 Å². The summed E-state index contributed by atoms with van der Waals surface area (Å²) in [6.45, 7) is 2.40. The number of ether oxygens (including phenoxy) is 2. The molecule has 0 radical (unpaired) electrons. The van der Waals surface area contributed by atoms with Crippen LogP contribution in [0.25, 0.3) is 0 Å². The van der Waals surface area contributed by atoms with Crippen LogP contribution in [0.4, 0.5) is 13.2 Å². The van der Waals surface area contributed by atoms with E-state index in [9.17, 15) is 18.0 Å². The lowest BCUT2D eigenvalue weighted by atomic mass is 10.1. The number of nitrogens with one attached hydrogen (secondary N) is 1. The van der Waals surface area contributed by atoms with Crippen molar-refractivity contribution in [2.45, 2.75) is 31.7 Å². The molecule has 2 aromatic rings. The maximum atomic E-state index is 12.8. The number of aromatic nitrogens is 1. The fourth-order valence-electron chi connectivity index (χ4n) is 2.73. The van der Waals surface area contributed by atoms with Crippen molar-refractivity contribution in [2.75, 3.05) is 34.4 Å². The van der Waals surface area contributed by atoms with E-state index in [0.29, 0.717) is 23.6 Å². The normalized spacial score (nSPS) is 13.9. The van der Waals surface area contributed by atoms with E-state index in [2.05, 4.69) is 10.3 Å². The molecule has 1 heterocycles. The van der Waals surface area contributed by atoms with Gasteiger partial charge in [0.2, 0.25) is 0 Å². The molecule has 0 spiro atoms. The second-order valence-electron chi connectivity index (χ2n) is 6.90. The quantitative estimate of drug-likeness (QED) is 0.606. The molecular formula is C20H26F3N3O3S. The molecule has 0 saturated carbocycles. The average Bonchev–Trinajstić information content (AvgIpc) is 3.21. The highest BCUT2D eigenvalue weighted by Gasteiger charge is 2.35. The zero-order chi connectivity index (χ0) is 22.3. The zero-order valence-electron chi connectivity index (χ0n) is 17.3. The Morgan fingerprint density at radius 1 is 1.30 bits per heavy atom. The molecule has 166 valence electrons. The van der Waals surface area contributed by atoms with Crippen molar-refractivity contribution in [3.05, 3.63) is 45.9 Å². The number of likely N-dealkylation sites (N-methyl/N-ethyl adjacent to an activating group) is 2. The third-order valence-electron chi connectivity index (χ3n) is 4.69. The second-order valence-corrected chi connectivity index (χ2v) is 7.76. The minimum absolute atomic E-state index is 0.0416. The van der Waals surface area contributed by atoms with Gasteiger partial charge in [-0.25, -0.2) is 4.98 Å². The minimum Gasteiger partial charge on any atom is -0.484 e. The molecule has 2 atom stereocenters. The van der Waals surface area contributed by atoms with Crippen LogP contribution in [0.3, 0.4) is 0 Å². The smallest absolute Gasteiger partial charge is 0.443 e. The third-order valence-corrected chi connectivity index (χ3v) is 5.59. The van der Waals surface area contributed by atoms with Crippen LogP contribution in [0.15, 0.2) is 29.6 Å². The Bertz CT molecular complexity index is 812. The number of nitrogens with zero attached hydrogens (tertiary/aromatic N) is 2. The van der Waals surface area contributed by atoms with Crippen LogP contribution < -0.4 is 10.1 Å². The largest absolute Gasteiger partial charge is 0.484 e. The number of thiazole rings is 1. The molecule has 0 aliphatic carbocycles. The molecule has 0 fully saturated rings. The number of alkyl halides is 3. The number of halogens is 3. The van der Waals surface area contributed by atoms with Crippen molar-refractivity contribution >= 4 is 17.2 Å². The van der Waals surface area contributed by atoms with Gasteiger partial charge in [0.1, 0.15) is 11.9 Å². The number of amides is 1. The zero-order valence-corrected chi connectivity index (χ0v) is 18.1. The number of hydrogen-bond donors (Lipinski definition) is 1. The molecule has 2 unspecified atom stereocenters. The van der Waals surface area contributed by atoms with Crippen LogP contribution in [-0.4, -0.2) is 56.2 Å². The van der Waals surface area contributed by atoms with Crippen molar-refractivity contribution in [1.29, 1.82) is 0 Å². The van der Waals surface area contributed by atoms with E-state index in [1.54, 1.807) is 19.2 Å². The predicted molar refractivity (Wildman–Crippen MR) is 109 cm³/mol. The summed E-state index contributed by atoms with van der Waals surface area (Å²) in [5.74, 6) is 0.399. The van der Waals surface area contributed by atoms with Gasteiger partial charge in [0.15, 0.2) is 11.6 Å². The third kappa shape index (κ3) is 6.96. The highest BCUT2D eigenvalue weighted by molar-refractivity contribution is 7.09. The van der Waals surface area contributed by atoms with Gasteiger partial charge in [-0.05, 0) is 38.1 Å². The van der Waals surface area contributed by atoms with Crippen LogP contribution in [-0.2, 0) is 22.1 Å². The maximum Gasteiger partial charge on any atom is 0.443 e. The molecule has 0 aliphatic rings. The van der Waals surface area contributed by atoms with Crippen molar-refractivity contribution in [3.63, 3.8) is 0 Å². The molecule has 1 aromatic carbocycles. The lowest BCUT2D eigenvalue weighted by Gasteiger charge is -2.28. The molecule has 6 nitrogen and oxygen atoms in total. The maximum absolute atomic E-state index is 12.8. The molecule has 10 heteroatoms. The lowest BCUT2D eigenvalue weighted by molar-refractivity contribution is -0.137. The first-order valence-corrected chi connectivity index (χ1v) is 10.2. The van der Waals surface area contributed by atoms with Crippen LogP contribution in [0, 0.1) is 0 Å². The van der Waals surface area contributed by atoms with Gasteiger partial charge in [-0.2, -0.15) is 13.2 Å². The van der Waals surface area contributed by atoms with Gasteiger partial charge in [0.25, 0.3) is 5.91 Å². The van der Waals surface area contributed by atoms with Crippen LogP contribution in [0.1, 0.15) is 29.3 Å². The summed E-state index contributed by atoms with van der Waals surface area (Å²) in [6, 6.07) is 7.56. The molecule has 1 N–H and O–H groups in total. The van der Waals surface area contributed by atoms with E-state index in [1.165, 1.54) is 12.5 Å². The summed E-state index contributed by atoms with van der Waals surface area (Å²) in [5, 5.41) is 3.02. The van der Waals surface area contributed by atoms with E-state index in [-0.39, 0.29) is 24.2 Å². The fourth-order valence-corrected chi connectivity index (χ4v) is 3.46. The topological polar surface area (TPSA) is 63.7 Å². The highest BCUT2D eigenvalue weighted by Crippen LogP contribution is 2.33. The standard InChI is InChI=1S/C20H26F3N3O3S/c1-13(9-14-5-7-15(8-6-14)29-11-18(27)24-2)26(3)10-17(28-4)16-12-30-19(25-16)20(21,22)23/h5-8,12-13,17H,9-11H2,1-4H3,(H,24,27). The van der Waals surface area contributed by atoms with Gasteiger partial charge in [-0.1, -0.05) is 12.1 Å². The summed E-state index contributed by atoms with van der Waals surface area (Å²) in [7, 11) is 4.91. The first-order chi connectivity index (χ1) is 14.1. The van der Waals surface area contributed by atoms with E-state index in [4.69, 9.17) is 9.47 Å². The summed E-state index contributed by atoms with van der Waals surface area (Å²) in [5.41, 5.74) is 1.36. The first kappa shape index (κ1) is 24.1. The summed E-state index contributed by atoms with van der Waals surface area (Å²) in [4.78, 5) is 16.9. The molecule has 0 aliphatic heterocycles. The highest BCUT2D eigenvalue weighted by atomic mass is 32.1. The monoisotopic (exact) mass is 445 g/mol. The summed E-state index contributed by atoms with van der Waals surface area (Å²) < 4.78 is 49.2. The summed E-state index contributed by atoms with van der Waals surface area (Å²) >= 11 is 0.575. The molecular weight excluding hydrogens is 419 g/mol. The van der Waals surface area contributed by atoms with Gasteiger partial charge in [-0.3, -0.25) is 4.79 Å². The van der Waals surface area contributed by atoms with Crippen molar-refractivity contribution in [3.8, 4) is 5.75 Å². The molecule has 0 saturated heterocycles. The fraction of sp³-hybridized carbons (Fsp3) is 0.500. The Balaban J connectivity index is 1.92. The number of rotatable bonds is 10. The van der Waals surface area contributed by atoms with Crippen LogP contribution in [0.5, 0.6) is 5.75 Å². The number of methoxy groups -OCH3 is 1. The Hall–Kier alpha value is -2.17. The number of benzene rings is 1. The second kappa shape index (κ2) is 10.7. The number of carbonyl (C=O) groups excluding carboxylic acids is 1. The van der Waals surface area contributed by atoms with Gasteiger partial charge >= 0.3 is 6.18 Å². The predicted octanol–water partition coefficient (Wildman–Crippen LogP) is 3.54. The van der Waals surface area contributed by atoms with Gasteiger partial charge in [-0.15, -0.1) is 11.3 Å². The van der Waals surface area contributed by atoms with E-state index < -0.39 is 17.3 Å². The Morgan fingerprint density at radius 3 is 2.50 bits per heavy atom. The van der Waals surface area contributed by atoms with E-state index in [0.717, 1.165) is 12.0 Å². The van der Waals surface area contributed by atoms with Crippen LogP contribution >= 0.6 is 11.3 Å². The molecule has 30 heavy (non-hydrogen) atoms. The van der Waals surface area contributed by atoms with Crippen molar-refractivity contribution in [2.24, 2.45) is 0 Å². The van der Waals surface area contributed by atoms with Gasteiger partial charge < -0.3 is 19.7 Å². The SMILES string of the molecule is CNC(=O)COc1ccc(CC(C)N(C)CC(OC)c2csc(C(F)(F)F)n2)cc1. The number of hydrogen-bond acceptors (Lipinski definition) is 6. The van der Waals surface area contributed by atoms with Crippen molar-refractivity contribution < 1.29 is 27.4 Å². The van der Waals surface area contributed by atoms with E-state index >= 15 is 0 Å². The molecule has 2 rings (SSSR count). The summed E-state index contributed by atoms with van der Waals surface area (Å²) in [6.07, 6.45) is -4.27. The Kier molecular flexibility index (Phi) is 8.63.